The van der Waals surface area contributed by atoms with E-state index < -0.39 is 5.97 Å². The van der Waals surface area contributed by atoms with Gasteiger partial charge in [-0.05, 0) is 34.0 Å². The molecule has 15 heavy (non-hydrogen) atoms. The van der Waals surface area contributed by atoms with Gasteiger partial charge in [-0.3, -0.25) is 4.79 Å². The summed E-state index contributed by atoms with van der Waals surface area (Å²) in [7, 11) is 1.95. The van der Waals surface area contributed by atoms with E-state index in [9.17, 15) is 4.79 Å². The van der Waals surface area contributed by atoms with Gasteiger partial charge in [-0.15, -0.1) is 0 Å². The second-order valence-electron chi connectivity index (χ2n) is 3.81. The Morgan fingerprint density at radius 3 is 3.00 bits per heavy atom. The molecule has 1 unspecified atom stereocenters. The lowest BCUT2D eigenvalue weighted by atomic mass is 10.1. The van der Waals surface area contributed by atoms with Crippen molar-refractivity contribution in [2.75, 3.05) is 11.9 Å². The van der Waals surface area contributed by atoms with E-state index in [0.29, 0.717) is 0 Å². The van der Waals surface area contributed by atoms with Crippen LogP contribution in [-0.2, 0) is 11.2 Å². The number of carboxylic acids is 1. The summed E-state index contributed by atoms with van der Waals surface area (Å²) in [4.78, 5) is 12.7. The van der Waals surface area contributed by atoms with Crippen molar-refractivity contribution in [1.82, 2.24) is 0 Å². The number of hydrogen-bond donors (Lipinski definition) is 1. The number of aliphatic carboxylic acids is 1. The maximum atomic E-state index is 10.7. The molecule has 4 heteroatoms. The summed E-state index contributed by atoms with van der Waals surface area (Å²) in [5.74, 6) is -0.740. The average molecular weight is 270 g/mol. The number of rotatable bonds is 2. The van der Waals surface area contributed by atoms with Crippen LogP contribution < -0.4 is 4.90 Å². The lowest BCUT2D eigenvalue weighted by Crippen LogP contribution is -2.30. The first-order chi connectivity index (χ1) is 7.09. The van der Waals surface area contributed by atoms with Crippen LogP contribution in [0.1, 0.15) is 12.0 Å². The van der Waals surface area contributed by atoms with Crippen molar-refractivity contribution in [2.45, 2.75) is 18.9 Å². The molecule has 0 radical (unpaired) electrons. The molecule has 2 rings (SSSR count). The molecular weight excluding hydrogens is 258 g/mol. The highest BCUT2D eigenvalue weighted by Crippen LogP contribution is 2.37. The van der Waals surface area contributed by atoms with E-state index in [1.165, 1.54) is 5.56 Å². The second kappa shape index (κ2) is 3.85. The van der Waals surface area contributed by atoms with E-state index in [2.05, 4.69) is 22.0 Å². The molecule has 1 atom stereocenters. The number of hydrogen-bond acceptors (Lipinski definition) is 2. The highest BCUT2D eigenvalue weighted by atomic mass is 79.9. The molecular formula is C11H12BrNO2. The standard InChI is InChI=1S/C11H12BrNO2/c1-13-8(6-10(14)15)5-7-3-2-4-9(12)11(7)13/h2-4,8H,5-6H2,1H3,(H,14,15). The van der Waals surface area contributed by atoms with Gasteiger partial charge in [0.25, 0.3) is 0 Å². The van der Waals surface area contributed by atoms with Crippen molar-refractivity contribution in [2.24, 2.45) is 0 Å². The fourth-order valence-corrected chi connectivity index (χ4v) is 2.79. The first kappa shape index (κ1) is 10.5. The van der Waals surface area contributed by atoms with Crippen LogP contribution in [-0.4, -0.2) is 24.2 Å². The molecule has 3 nitrogen and oxygen atoms in total. The molecule has 0 amide bonds. The van der Waals surface area contributed by atoms with Gasteiger partial charge in [0, 0.05) is 17.6 Å². The van der Waals surface area contributed by atoms with Crippen LogP contribution in [0.15, 0.2) is 22.7 Å². The Bertz CT molecular complexity index is 406. The third-order valence-corrected chi connectivity index (χ3v) is 3.48. The van der Waals surface area contributed by atoms with Crippen molar-refractivity contribution in [3.8, 4) is 0 Å². The van der Waals surface area contributed by atoms with Gasteiger partial charge in [-0.2, -0.15) is 0 Å². The third kappa shape index (κ3) is 1.86. The number of benzene rings is 1. The van der Waals surface area contributed by atoms with Crippen molar-refractivity contribution in [3.63, 3.8) is 0 Å². The first-order valence-corrected chi connectivity index (χ1v) is 5.61. The van der Waals surface area contributed by atoms with Crippen LogP contribution in [0.4, 0.5) is 5.69 Å². The van der Waals surface area contributed by atoms with Gasteiger partial charge in [0.2, 0.25) is 0 Å². The molecule has 1 heterocycles. The summed E-state index contributed by atoms with van der Waals surface area (Å²) < 4.78 is 1.04. The number of fused-ring (bicyclic) bond motifs is 1. The number of likely N-dealkylation sites (N-methyl/N-ethyl adjacent to an activating group) is 1. The number of para-hydroxylation sites is 1. The molecule has 0 aromatic heterocycles. The predicted molar refractivity (Wildman–Crippen MR) is 62.3 cm³/mol. The van der Waals surface area contributed by atoms with Crippen molar-refractivity contribution in [1.29, 1.82) is 0 Å². The lowest BCUT2D eigenvalue weighted by Gasteiger charge is -2.21. The monoisotopic (exact) mass is 269 g/mol. The highest BCUT2D eigenvalue weighted by molar-refractivity contribution is 9.10. The van der Waals surface area contributed by atoms with E-state index in [1.807, 2.05) is 24.1 Å². The zero-order chi connectivity index (χ0) is 11.0. The largest absolute Gasteiger partial charge is 0.481 e. The molecule has 0 fully saturated rings. The van der Waals surface area contributed by atoms with E-state index in [-0.39, 0.29) is 12.5 Å². The fourth-order valence-electron chi connectivity index (χ4n) is 2.10. The van der Waals surface area contributed by atoms with Gasteiger partial charge in [-0.25, -0.2) is 0 Å². The molecule has 1 N–H and O–H groups in total. The number of nitrogens with zero attached hydrogens (tertiary/aromatic N) is 1. The fraction of sp³-hybridized carbons (Fsp3) is 0.364. The molecule has 1 aromatic rings. The maximum Gasteiger partial charge on any atom is 0.305 e. The van der Waals surface area contributed by atoms with Gasteiger partial charge in [-0.1, -0.05) is 12.1 Å². The molecule has 0 saturated heterocycles. The van der Waals surface area contributed by atoms with Crippen molar-refractivity contribution < 1.29 is 9.90 Å². The Labute approximate surface area is 96.8 Å². The average Bonchev–Trinajstić information content (AvgIpc) is 2.44. The normalized spacial score (nSPS) is 19.1. The number of carbonyl (C=O) groups is 1. The third-order valence-electron chi connectivity index (χ3n) is 2.84. The van der Waals surface area contributed by atoms with Gasteiger partial charge in [0.05, 0.1) is 12.1 Å². The van der Waals surface area contributed by atoms with Crippen LogP contribution in [0.5, 0.6) is 0 Å². The van der Waals surface area contributed by atoms with E-state index in [0.717, 1.165) is 16.6 Å². The lowest BCUT2D eigenvalue weighted by molar-refractivity contribution is -0.137. The summed E-state index contributed by atoms with van der Waals surface area (Å²) in [6, 6.07) is 6.10. The number of halogens is 1. The zero-order valence-corrected chi connectivity index (χ0v) is 9.99. The summed E-state index contributed by atoms with van der Waals surface area (Å²) >= 11 is 3.49. The first-order valence-electron chi connectivity index (χ1n) is 4.81. The van der Waals surface area contributed by atoms with Crippen LogP contribution >= 0.6 is 15.9 Å². The zero-order valence-electron chi connectivity index (χ0n) is 8.40. The SMILES string of the molecule is CN1c2c(Br)cccc2CC1CC(=O)O. The Hall–Kier alpha value is -1.03. The summed E-state index contributed by atoms with van der Waals surface area (Å²) in [6.45, 7) is 0. The molecule has 0 spiro atoms. The van der Waals surface area contributed by atoms with Crippen molar-refractivity contribution in [3.05, 3.63) is 28.2 Å². The predicted octanol–water partition coefficient (Wildman–Crippen LogP) is 2.28. The van der Waals surface area contributed by atoms with Crippen LogP contribution in [0.3, 0.4) is 0 Å². The minimum absolute atomic E-state index is 0.0798. The van der Waals surface area contributed by atoms with Crippen LogP contribution in [0, 0.1) is 0 Å². The molecule has 0 aliphatic carbocycles. The van der Waals surface area contributed by atoms with E-state index >= 15 is 0 Å². The number of anilines is 1. The quantitative estimate of drug-likeness (QED) is 0.896. The van der Waals surface area contributed by atoms with Gasteiger partial charge in [0.15, 0.2) is 0 Å². The van der Waals surface area contributed by atoms with E-state index in [4.69, 9.17) is 5.11 Å². The summed E-state index contributed by atoms with van der Waals surface area (Å²) in [5.41, 5.74) is 2.35. The molecule has 1 aromatic carbocycles. The Kier molecular flexibility index (Phi) is 2.69. The Morgan fingerprint density at radius 1 is 1.67 bits per heavy atom. The van der Waals surface area contributed by atoms with Gasteiger partial charge >= 0.3 is 5.97 Å². The minimum Gasteiger partial charge on any atom is -0.481 e. The molecule has 1 aliphatic rings. The minimum atomic E-state index is -0.740. The maximum absolute atomic E-state index is 10.7. The van der Waals surface area contributed by atoms with E-state index in [1.54, 1.807) is 0 Å². The smallest absolute Gasteiger partial charge is 0.305 e. The Balaban J connectivity index is 2.29. The Morgan fingerprint density at radius 2 is 2.40 bits per heavy atom. The summed E-state index contributed by atoms with van der Waals surface area (Å²) in [5, 5.41) is 8.80. The summed E-state index contributed by atoms with van der Waals surface area (Å²) in [6.07, 6.45) is 1.01. The second-order valence-corrected chi connectivity index (χ2v) is 4.67. The highest BCUT2D eigenvalue weighted by Gasteiger charge is 2.29. The van der Waals surface area contributed by atoms with Crippen LogP contribution in [0.25, 0.3) is 0 Å². The van der Waals surface area contributed by atoms with Crippen LogP contribution in [0.2, 0.25) is 0 Å². The van der Waals surface area contributed by atoms with Gasteiger partial charge < -0.3 is 10.0 Å². The molecule has 80 valence electrons. The number of carboxylic acid groups (broad SMARTS) is 1. The van der Waals surface area contributed by atoms with Crippen molar-refractivity contribution >= 4 is 27.6 Å². The topological polar surface area (TPSA) is 40.5 Å². The molecule has 0 saturated carbocycles. The molecule has 1 aliphatic heterocycles. The molecule has 0 bridgehead atoms. The van der Waals surface area contributed by atoms with Gasteiger partial charge in [0.1, 0.15) is 0 Å².